The Hall–Kier alpha value is -3.97. The monoisotopic (exact) mass is 427 g/mol. The van der Waals surface area contributed by atoms with E-state index >= 15 is 0 Å². The second-order valence-corrected chi connectivity index (χ2v) is 7.76. The van der Waals surface area contributed by atoms with E-state index in [0.29, 0.717) is 5.58 Å². The fourth-order valence-electron chi connectivity index (χ4n) is 4.12. The van der Waals surface area contributed by atoms with E-state index in [2.05, 4.69) is 15.8 Å². The molecule has 0 spiro atoms. The van der Waals surface area contributed by atoms with Gasteiger partial charge < -0.3 is 9.15 Å². The normalized spacial score (nSPS) is 18.2. The molecule has 2 atom stereocenters. The van der Waals surface area contributed by atoms with Crippen molar-refractivity contribution in [3.8, 4) is 0 Å². The smallest absolute Gasteiger partial charge is 0.374 e. The molecule has 0 aliphatic carbocycles. The van der Waals surface area contributed by atoms with Crippen LogP contribution in [-0.4, -0.2) is 18.9 Å². The first kappa shape index (κ1) is 20.0. The summed E-state index contributed by atoms with van der Waals surface area (Å²) >= 11 is 0. The molecule has 1 aliphatic heterocycles. The van der Waals surface area contributed by atoms with Gasteiger partial charge in [0.1, 0.15) is 5.58 Å². The number of hydrazine groups is 1. The molecular formula is C25H21N3O4. The number of ether oxygens (including phenoxy) is 1. The van der Waals surface area contributed by atoms with Crippen LogP contribution in [0.4, 0.5) is 0 Å². The van der Waals surface area contributed by atoms with Crippen LogP contribution < -0.4 is 16.5 Å². The summed E-state index contributed by atoms with van der Waals surface area (Å²) < 4.78 is 10.5. The maximum absolute atomic E-state index is 12.6. The summed E-state index contributed by atoms with van der Waals surface area (Å²) in [7, 11) is 1.31. The van der Waals surface area contributed by atoms with Crippen molar-refractivity contribution in [3.05, 3.63) is 93.8 Å². The number of amidine groups is 1. The Morgan fingerprint density at radius 2 is 1.81 bits per heavy atom. The van der Waals surface area contributed by atoms with Crippen molar-refractivity contribution in [2.75, 3.05) is 7.11 Å². The fraction of sp³-hybridized carbons (Fsp3) is 0.160. The lowest BCUT2D eigenvalue weighted by molar-refractivity contribution is -0.133. The van der Waals surface area contributed by atoms with Crippen molar-refractivity contribution in [2.24, 2.45) is 4.99 Å². The van der Waals surface area contributed by atoms with Crippen LogP contribution in [0.5, 0.6) is 0 Å². The van der Waals surface area contributed by atoms with E-state index in [1.54, 1.807) is 0 Å². The predicted molar refractivity (Wildman–Crippen MR) is 122 cm³/mol. The topological polar surface area (TPSA) is 92.9 Å². The molecule has 0 radical (unpaired) electrons. The maximum atomic E-state index is 12.6. The molecule has 5 rings (SSSR count). The van der Waals surface area contributed by atoms with Crippen LogP contribution in [0.15, 0.2) is 80.9 Å². The summed E-state index contributed by atoms with van der Waals surface area (Å²) in [4.78, 5) is 29.4. The Kier molecular flexibility index (Phi) is 4.95. The SMILES string of the molecule is COC(=O)C1=NC(c2ccc(C)cc2)C(c2cc(=O)oc3c2ccc2ccccc23)NN1. The van der Waals surface area contributed by atoms with Gasteiger partial charge in [0.05, 0.1) is 19.2 Å². The van der Waals surface area contributed by atoms with Gasteiger partial charge >= 0.3 is 11.6 Å². The molecule has 0 saturated heterocycles. The number of esters is 1. The summed E-state index contributed by atoms with van der Waals surface area (Å²) in [5, 5.41) is 2.64. The number of nitrogens with one attached hydrogen (secondary N) is 2. The molecular weight excluding hydrogens is 406 g/mol. The first-order chi connectivity index (χ1) is 15.5. The molecule has 2 N–H and O–H groups in total. The zero-order chi connectivity index (χ0) is 22.2. The van der Waals surface area contributed by atoms with Crippen molar-refractivity contribution in [3.63, 3.8) is 0 Å². The second kappa shape index (κ2) is 7.94. The van der Waals surface area contributed by atoms with Crippen molar-refractivity contribution >= 4 is 33.5 Å². The van der Waals surface area contributed by atoms with Crippen molar-refractivity contribution in [2.45, 2.75) is 19.0 Å². The number of carbonyl (C=O) groups excluding carboxylic acids is 1. The number of fused-ring (bicyclic) bond motifs is 3. The van der Waals surface area contributed by atoms with Crippen LogP contribution >= 0.6 is 0 Å². The van der Waals surface area contributed by atoms with Crippen molar-refractivity contribution < 1.29 is 13.9 Å². The van der Waals surface area contributed by atoms with Gasteiger partial charge in [-0.25, -0.2) is 15.0 Å². The van der Waals surface area contributed by atoms with Gasteiger partial charge in [-0.05, 0) is 23.4 Å². The molecule has 160 valence electrons. The lowest BCUT2D eigenvalue weighted by atomic mass is 9.90. The van der Waals surface area contributed by atoms with Crippen molar-refractivity contribution in [1.29, 1.82) is 0 Å². The van der Waals surface area contributed by atoms with Crippen LogP contribution in [0.2, 0.25) is 0 Å². The molecule has 4 aromatic rings. The van der Waals surface area contributed by atoms with Gasteiger partial charge in [0.25, 0.3) is 0 Å². The highest BCUT2D eigenvalue weighted by Gasteiger charge is 2.33. The van der Waals surface area contributed by atoms with E-state index in [1.807, 2.05) is 67.6 Å². The summed E-state index contributed by atoms with van der Waals surface area (Å²) in [6, 6.07) is 20.2. The van der Waals surface area contributed by atoms with Gasteiger partial charge in [-0.15, -0.1) is 0 Å². The third-order valence-corrected chi connectivity index (χ3v) is 5.73. The second-order valence-electron chi connectivity index (χ2n) is 7.76. The van der Waals surface area contributed by atoms with Crippen LogP contribution in [-0.2, 0) is 9.53 Å². The lowest BCUT2D eigenvalue weighted by Crippen LogP contribution is -2.49. The van der Waals surface area contributed by atoms with Crippen LogP contribution in [0.25, 0.3) is 21.7 Å². The third kappa shape index (κ3) is 3.42. The Balaban J connectivity index is 1.72. The van der Waals surface area contributed by atoms with E-state index in [-0.39, 0.29) is 5.84 Å². The van der Waals surface area contributed by atoms with E-state index in [0.717, 1.165) is 32.8 Å². The number of benzene rings is 3. The first-order valence-corrected chi connectivity index (χ1v) is 10.2. The molecule has 0 fully saturated rings. The molecule has 3 aromatic carbocycles. The number of hydrogen-bond acceptors (Lipinski definition) is 7. The Labute approximate surface area is 183 Å². The van der Waals surface area contributed by atoms with E-state index in [1.165, 1.54) is 13.2 Å². The standard InChI is InChI=1S/C25H21N3O4/c1-14-7-9-16(10-8-14)21-22(27-28-24(26-21)25(30)31-2)19-13-20(29)32-23-17-6-4-3-5-15(17)11-12-18(19)23/h3-13,21-22,27H,1-2H3,(H,26,28). The number of nitrogens with zero attached hydrogens (tertiary/aromatic N) is 1. The van der Waals surface area contributed by atoms with Crippen LogP contribution in [0, 0.1) is 6.92 Å². The first-order valence-electron chi connectivity index (χ1n) is 10.2. The molecule has 7 heteroatoms. The quantitative estimate of drug-likeness (QED) is 0.294. The average molecular weight is 427 g/mol. The summed E-state index contributed by atoms with van der Waals surface area (Å²) in [6.07, 6.45) is 0. The van der Waals surface area contributed by atoms with E-state index < -0.39 is 23.7 Å². The number of hydrogen-bond donors (Lipinski definition) is 2. The molecule has 2 unspecified atom stereocenters. The summed E-state index contributed by atoms with van der Waals surface area (Å²) in [6.45, 7) is 2.01. The number of aliphatic imine (C=N–C) groups is 1. The van der Waals surface area contributed by atoms with Gasteiger partial charge in [-0.1, -0.05) is 66.2 Å². The average Bonchev–Trinajstić information content (AvgIpc) is 2.83. The number of methoxy groups -OCH3 is 1. The van der Waals surface area contributed by atoms with Gasteiger partial charge in [-0.3, -0.25) is 10.4 Å². The Morgan fingerprint density at radius 1 is 1.03 bits per heavy atom. The molecule has 32 heavy (non-hydrogen) atoms. The van der Waals surface area contributed by atoms with Crippen LogP contribution in [0.1, 0.15) is 28.8 Å². The van der Waals surface area contributed by atoms with Gasteiger partial charge in [0, 0.05) is 16.8 Å². The Bertz CT molecular complexity index is 1420. The largest absolute Gasteiger partial charge is 0.463 e. The zero-order valence-corrected chi connectivity index (χ0v) is 17.6. The minimum Gasteiger partial charge on any atom is -0.463 e. The van der Waals surface area contributed by atoms with Gasteiger partial charge in [-0.2, -0.15) is 0 Å². The minimum atomic E-state index is -0.573. The number of aryl methyl sites for hydroxylation is 1. The molecule has 1 aliphatic rings. The predicted octanol–water partition coefficient (Wildman–Crippen LogP) is 3.72. The highest BCUT2D eigenvalue weighted by molar-refractivity contribution is 6.35. The van der Waals surface area contributed by atoms with Crippen molar-refractivity contribution in [1.82, 2.24) is 10.9 Å². The van der Waals surface area contributed by atoms with Gasteiger partial charge in [0.15, 0.2) is 0 Å². The Morgan fingerprint density at radius 3 is 2.59 bits per heavy atom. The van der Waals surface area contributed by atoms with Crippen LogP contribution in [0.3, 0.4) is 0 Å². The summed E-state index contributed by atoms with van der Waals surface area (Å²) in [5.41, 5.74) is 8.83. The minimum absolute atomic E-state index is 0.0760. The summed E-state index contributed by atoms with van der Waals surface area (Å²) in [5.74, 6) is -0.497. The number of carbonyl (C=O) groups is 1. The number of rotatable bonds is 3. The third-order valence-electron chi connectivity index (χ3n) is 5.73. The molecule has 0 amide bonds. The van der Waals surface area contributed by atoms with E-state index in [9.17, 15) is 9.59 Å². The zero-order valence-electron chi connectivity index (χ0n) is 17.6. The van der Waals surface area contributed by atoms with Gasteiger partial charge in [0.2, 0.25) is 5.84 Å². The highest BCUT2D eigenvalue weighted by Crippen LogP contribution is 2.38. The molecule has 7 nitrogen and oxygen atoms in total. The molecule has 0 saturated carbocycles. The van der Waals surface area contributed by atoms with E-state index in [4.69, 9.17) is 9.15 Å². The lowest BCUT2D eigenvalue weighted by Gasteiger charge is -2.32. The highest BCUT2D eigenvalue weighted by atomic mass is 16.5. The molecule has 0 bridgehead atoms. The molecule has 2 heterocycles. The molecule has 1 aromatic heterocycles. The fourth-order valence-corrected chi connectivity index (χ4v) is 4.12. The maximum Gasteiger partial charge on any atom is 0.374 e.